The van der Waals surface area contributed by atoms with Gasteiger partial charge in [-0.05, 0) is 45.6 Å². The van der Waals surface area contributed by atoms with Crippen LogP contribution in [-0.4, -0.2) is 45.7 Å². The highest BCUT2D eigenvalue weighted by Gasteiger charge is 2.35. The standard InChI is InChI=1S/C15H31NO3S/c1-5-8-14(19-6-2)15(16-3)12-9-7-10-13(11-12)20(4,17)18/h12-16H,5-11H2,1-4H3. The van der Waals surface area contributed by atoms with Crippen LogP contribution in [0, 0.1) is 5.92 Å². The van der Waals surface area contributed by atoms with Crippen molar-refractivity contribution in [3.8, 4) is 0 Å². The molecule has 1 saturated carbocycles. The summed E-state index contributed by atoms with van der Waals surface area (Å²) in [7, 11) is -0.951. The van der Waals surface area contributed by atoms with E-state index in [4.69, 9.17) is 4.74 Å². The molecule has 4 unspecified atom stereocenters. The Labute approximate surface area is 124 Å². The summed E-state index contributed by atoms with van der Waals surface area (Å²) in [6, 6.07) is 0.263. The van der Waals surface area contributed by atoms with E-state index in [1.54, 1.807) is 0 Å². The largest absolute Gasteiger partial charge is 0.377 e. The quantitative estimate of drug-likeness (QED) is 0.748. The van der Waals surface area contributed by atoms with Gasteiger partial charge in [0.1, 0.15) is 9.84 Å². The molecule has 4 atom stereocenters. The van der Waals surface area contributed by atoms with Gasteiger partial charge in [-0.15, -0.1) is 0 Å². The number of rotatable bonds is 8. The van der Waals surface area contributed by atoms with E-state index in [1.165, 1.54) is 6.26 Å². The number of ether oxygens (including phenoxy) is 1. The average molecular weight is 305 g/mol. The third-order valence-corrected chi connectivity index (χ3v) is 6.11. The van der Waals surface area contributed by atoms with Gasteiger partial charge in [0.15, 0.2) is 0 Å². The predicted octanol–water partition coefficient (Wildman–Crippen LogP) is 2.38. The van der Waals surface area contributed by atoms with Crippen LogP contribution in [0.4, 0.5) is 0 Å². The van der Waals surface area contributed by atoms with Gasteiger partial charge in [0.25, 0.3) is 0 Å². The van der Waals surface area contributed by atoms with Crippen LogP contribution in [0.5, 0.6) is 0 Å². The highest BCUT2D eigenvalue weighted by atomic mass is 32.2. The summed E-state index contributed by atoms with van der Waals surface area (Å²) in [4.78, 5) is 0. The number of hydrogen-bond donors (Lipinski definition) is 1. The topological polar surface area (TPSA) is 55.4 Å². The zero-order valence-electron chi connectivity index (χ0n) is 13.4. The summed E-state index contributed by atoms with van der Waals surface area (Å²) in [6.07, 6.45) is 7.39. The number of likely N-dealkylation sites (N-methyl/N-ethyl adjacent to an activating group) is 1. The summed E-state index contributed by atoms with van der Waals surface area (Å²) < 4.78 is 29.5. The molecule has 0 heterocycles. The van der Waals surface area contributed by atoms with Gasteiger partial charge in [0.2, 0.25) is 0 Å². The first-order chi connectivity index (χ1) is 9.43. The van der Waals surface area contributed by atoms with Gasteiger partial charge in [-0.3, -0.25) is 0 Å². The summed E-state index contributed by atoms with van der Waals surface area (Å²) in [5.41, 5.74) is 0. The first-order valence-electron chi connectivity index (χ1n) is 7.91. The normalized spacial score (nSPS) is 27.2. The van der Waals surface area contributed by atoms with Crippen molar-refractivity contribution in [3.05, 3.63) is 0 Å². The third kappa shape index (κ3) is 5.01. The predicted molar refractivity (Wildman–Crippen MR) is 83.8 cm³/mol. The van der Waals surface area contributed by atoms with Gasteiger partial charge < -0.3 is 10.1 Å². The minimum atomic E-state index is -2.92. The molecule has 5 heteroatoms. The molecule has 0 aromatic carbocycles. The molecular weight excluding hydrogens is 274 g/mol. The maximum Gasteiger partial charge on any atom is 0.150 e. The molecule has 0 amide bonds. The Hall–Kier alpha value is -0.130. The fourth-order valence-corrected chi connectivity index (χ4v) is 4.68. The Morgan fingerprint density at radius 3 is 2.50 bits per heavy atom. The van der Waals surface area contributed by atoms with Crippen molar-refractivity contribution in [2.24, 2.45) is 5.92 Å². The highest BCUT2D eigenvalue weighted by molar-refractivity contribution is 7.91. The molecule has 0 radical (unpaired) electrons. The summed E-state index contributed by atoms with van der Waals surface area (Å²) in [5, 5.41) is 3.23. The maximum atomic E-state index is 11.8. The first kappa shape index (κ1) is 17.9. The lowest BCUT2D eigenvalue weighted by Gasteiger charge is -2.37. The average Bonchev–Trinajstić information content (AvgIpc) is 2.39. The van der Waals surface area contributed by atoms with Crippen LogP contribution in [0.15, 0.2) is 0 Å². The minimum Gasteiger partial charge on any atom is -0.377 e. The Balaban J connectivity index is 2.76. The monoisotopic (exact) mass is 305 g/mol. The fourth-order valence-electron chi connectivity index (χ4n) is 3.49. The lowest BCUT2D eigenvalue weighted by molar-refractivity contribution is 0.00843. The van der Waals surface area contributed by atoms with Crippen LogP contribution >= 0.6 is 0 Å². The minimum absolute atomic E-state index is 0.166. The second-order valence-electron chi connectivity index (χ2n) is 5.98. The van der Waals surface area contributed by atoms with Gasteiger partial charge in [-0.25, -0.2) is 8.42 Å². The number of hydrogen-bond acceptors (Lipinski definition) is 4. The van der Waals surface area contributed by atoms with E-state index in [9.17, 15) is 8.42 Å². The van der Waals surface area contributed by atoms with Gasteiger partial charge in [0.05, 0.1) is 11.4 Å². The smallest absolute Gasteiger partial charge is 0.150 e. The van der Waals surface area contributed by atoms with E-state index < -0.39 is 9.84 Å². The fraction of sp³-hybridized carbons (Fsp3) is 1.00. The van der Waals surface area contributed by atoms with Gasteiger partial charge >= 0.3 is 0 Å². The van der Waals surface area contributed by atoms with Gasteiger partial charge in [0, 0.05) is 18.9 Å². The SMILES string of the molecule is CCCC(OCC)C(NC)C1CCCC(S(C)(=O)=O)C1. The zero-order chi connectivity index (χ0) is 15.2. The van der Waals surface area contributed by atoms with E-state index in [0.29, 0.717) is 12.5 Å². The molecule has 0 bridgehead atoms. The van der Waals surface area contributed by atoms with E-state index in [-0.39, 0.29) is 17.4 Å². The Morgan fingerprint density at radius 2 is 2.00 bits per heavy atom. The van der Waals surface area contributed by atoms with E-state index in [1.807, 2.05) is 14.0 Å². The van der Waals surface area contributed by atoms with Crippen molar-refractivity contribution in [3.63, 3.8) is 0 Å². The molecule has 1 aliphatic carbocycles. The molecule has 20 heavy (non-hydrogen) atoms. The first-order valence-corrected chi connectivity index (χ1v) is 9.87. The Morgan fingerprint density at radius 1 is 1.30 bits per heavy atom. The highest BCUT2D eigenvalue weighted by Crippen LogP contribution is 2.32. The molecule has 4 nitrogen and oxygen atoms in total. The molecule has 1 N–H and O–H groups in total. The van der Waals surface area contributed by atoms with E-state index >= 15 is 0 Å². The van der Waals surface area contributed by atoms with E-state index in [2.05, 4.69) is 12.2 Å². The van der Waals surface area contributed by atoms with Gasteiger partial charge in [-0.1, -0.05) is 19.8 Å². The van der Waals surface area contributed by atoms with Crippen molar-refractivity contribution in [1.29, 1.82) is 0 Å². The second kappa shape index (κ2) is 8.35. The summed E-state index contributed by atoms with van der Waals surface area (Å²) >= 11 is 0. The van der Waals surface area contributed by atoms with Crippen molar-refractivity contribution >= 4 is 9.84 Å². The van der Waals surface area contributed by atoms with Crippen molar-refractivity contribution in [2.75, 3.05) is 19.9 Å². The van der Waals surface area contributed by atoms with Crippen LogP contribution in [0.2, 0.25) is 0 Å². The molecule has 0 aromatic rings. The lowest BCUT2D eigenvalue weighted by Crippen LogP contribution is -2.47. The molecule has 0 aromatic heterocycles. The zero-order valence-corrected chi connectivity index (χ0v) is 14.2. The molecule has 0 aliphatic heterocycles. The van der Waals surface area contributed by atoms with Crippen LogP contribution in [0.3, 0.4) is 0 Å². The van der Waals surface area contributed by atoms with Gasteiger partial charge in [-0.2, -0.15) is 0 Å². The second-order valence-corrected chi connectivity index (χ2v) is 8.30. The van der Waals surface area contributed by atoms with Crippen LogP contribution in [0.25, 0.3) is 0 Å². The molecule has 0 saturated heterocycles. The Bertz CT molecular complexity index is 363. The Kier molecular flexibility index (Phi) is 7.48. The summed E-state index contributed by atoms with van der Waals surface area (Å²) in [5.74, 6) is 0.400. The maximum absolute atomic E-state index is 11.8. The van der Waals surface area contributed by atoms with E-state index in [0.717, 1.165) is 38.5 Å². The molecule has 1 rings (SSSR count). The molecular formula is C15H31NO3S. The molecule has 1 fully saturated rings. The van der Waals surface area contributed by atoms with Crippen molar-refractivity contribution in [1.82, 2.24) is 5.32 Å². The molecule has 0 spiro atoms. The third-order valence-electron chi connectivity index (χ3n) is 4.47. The lowest BCUT2D eigenvalue weighted by atomic mass is 9.80. The number of nitrogens with one attached hydrogen (secondary N) is 1. The van der Waals surface area contributed by atoms with Crippen LogP contribution < -0.4 is 5.32 Å². The molecule has 1 aliphatic rings. The van der Waals surface area contributed by atoms with Crippen LogP contribution in [-0.2, 0) is 14.6 Å². The molecule has 120 valence electrons. The van der Waals surface area contributed by atoms with Crippen molar-refractivity contribution in [2.45, 2.75) is 69.8 Å². The van der Waals surface area contributed by atoms with Crippen molar-refractivity contribution < 1.29 is 13.2 Å². The number of sulfone groups is 1. The summed E-state index contributed by atoms with van der Waals surface area (Å²) in [6.45, 7) is 4.90. The van der Waals surface area contributed by atoms with Crippen LogP contribution in [0.1, 0.15) is 52.4 Å².